The van der Waals surface area contributed by atoms with Crippen LogP contribution in [0.15, 0.2) is 40.3 Å². The summed E-state index contributed by atoms with van der Waals surface area (Å²) in [6, 6.07) is 0. The molecule has 1 aliphatic heterocycles. The molecule has 1 aliphatic rings. The molecule has 14 nitrogen and oxygen atoms in total. The van der Waals surface area contributed by atoms with Crippen LogP contribution < -0.4 is 16.9 Å². The number of allylic oxidation sites excluding steroid dienone is 1. The number of amides is 1. The third-order valence-electron chi connectivity index (χ3n) is 6.94. The van der Waals surface area contributed by atoms with Crippen LogP contribution in [0.1, 0.15) is 97.9 Å². The molecule has 0 spiro atoms. The van der Waals surface area contributed by atoms with Crippen molar-refractivity contribution < 1.29 is 9.59 Å². The Hall–Kier alpha value is -4.62. The van der Waals surface area contributed by atoms with E-state index in [4.69, 9.17) is 5.73 Å². The average Bonchev–Trinajstić information content (AvgIpc) is 3.52. The molecular weight excluding hydrogens is 600 g/mol. The van der Waals surface area contributed by atoms with E-state index >= 15 is 0 Å². The molecule has 0 fully saturated rings. The Bertz CT molecular complexity index is 1870. The smallest absolute Gasteiger partial charge is 0.282 e. The van der Waals surface area contributed by atoms with Gasteiger partial charge in [-0.05, 0) is 69.2 Å². The molecule has 0 unspecified atom stereocenters. The van der Waals surface area contributed by atoms with Crippen LogP contribution in [-0.2, 0) is 34.8 Å². The van der Waals surface area contributed by atoms with Crippen molar-refractivity contribution in [3.05, 3.63) is 51.5 Å². The molecule has 0 aromatic carbocycles. The number of carbonyl (C=O) groups is 2. The second kappa shape index (κ2) is 14.9. The largest absolute Gasteiger partial charge is 0.369 e. The summed E-state index contributed by atoms with van der Waals surface area (Å²) in [5, 5.41) is 0. The Kier molecular flexibility index (Phi) is 13.4. The minimum absolute atomic E-state index is 0. The Morgan fingerprint density at radius 3 is 1.62 bits per heavy atom. The molecule has 2 N–H and O–H groups in total. The molecule has 0 atom stereocenters. The number of nitrogen functional groups attached to an aromatic ring is 1. The molecule has 5 rings (SSSR count). The van der Waals surface area contributed by atoms with Crippen molar-refractivity contribution in [1.82, 2.24) is 43.1 Å². The summed E-state index contributed by atoms with van der Waals surface area (Å²) in [6.07, 6.45) is 6.47. The van der Waals surface area contributed by atoms with Gasteiger partial charge in [-0.2, -0.15) is 4.98 Å². The number of anilines is 1. The maximum atomic E-state index is 11.9. The average molecular weight is 657 g/mol. The number of carbonyl (C=O) groups excluding carboxylic acids is 2. The molecule has 0 saturated heterocycles. The number of aromatic nitrogens is 8. The maximum Gasteiger partial charge on any atom is 0.282 e. The zero-order valence-electron chi connectivity index (χ0n) is 27.8. The molecule has 5 heterocycles. The highest BCUT2D eigenvalue weighted by atomic mass is 16.2. The van der Waals surface area contributed by atoms with Crippen molar-refractivity contribution in [2.24, 2.45) is 14.1 Å². The first-order valence-electron chi connectivity index (χ1n) is 14.2. The zero-order valence-corrected chi connectivity index (χ0v) is 27.8. The number of hydrogen-bond acceptors (Lipinski definition) is 9. The van der Waals surface area contributed by atoms with Gasteiger partial charge in [-0.25, -0.2) is 15.0 Å². The monoisotopic (exact) mass is 656 g/mol. The Morgan fingerprint density at radius 2 is 1.15 bits per heavy atom. The van der Waals surface area contributed by atoms with E-state index in [1.165, 1.54) is 15.5 Å². The number of imidazole rings is 2. The summed E-state index contributed by atoms with van der Waals surface area (Å²) >= 11 is 0. The predicted molar refractivity (Wildman–Crippen MR) is 190 cm³/mol. The van der Waals surface area contributed by atoms with Crippen LogP contribution in [0.25, 0.3) is 22.3 Å². The second-order valence-electron chi connectivity index (χ2n) is 13.8. The second-order valence-corrected chi connectivity index (χ2v) is 13.8. The summed E-state index contributed by atoms with van der Waals surface area (Å²) in [7, 11) is 3.26. The van der Waals surface area contributed by atoms with E-state index in [2.05, 4.69) is 19.9 Å². The molecule has 0 aliphatic carbocycles. The fraction of sp³-hybridized carbons (Fsp3) is 0.576. The van der Waals surface area contributed by atoms with Gasteiger partial charge in [0.25, 0.3) is 11.1 Å². The molecular formula is C33H56N10O4. The van der Waals surface area contributed by atoms with Gasteiger partial charge in [0.15, 0.2) is 28.1 Å². The van der Waals surface area contributed by atoms with Gasteiger partial charge in [0.1, 0.15) is 0 Å². The topological polar surface area (TPSA) is 169 Å². The van der Waals surface area contributed by atoms with Crippen LogP contribution in [0.2, 0.25) is 0 Å². The molecule has 47 heavy (non-hydrogen) atoms. The lowest BCUT2D eigenvalue weighted by Crippen LogP contribution is -2.45. The number of hydrogen-bond donors (Lipinski definition) is 1. The van der Waals surface area contributed by atoms with E-state index in [9.17, 15) is 19.2 Å². The zero-order chi connectivity index (χ0) is 33.5. The van der Waals surface area contributed by atoms with E-state index in [0.717, 1.165) is 0 Å². The lowest BCUT2D eigenvalue weighted by atomic mass is 10.00. The van der Waals surface area contributed by atoms with E-state index in [1.807, 2.05) is 71.4 Å². The summed E-state index contributed by atoms with van der Waals surface area (Å²) in [6.45, 7) is 19.8. The summed E-state index contributed by atoms with van der Waals surface area (Å²) < 4.78 is 6.48. The van der Waals surface area contributed by atoms with E-state index in [1.54, 1.807) is 44.8 Å². The van der Waals surface area contributed by atoms with Crippen LogP contribution in [-0.4, -0.2) is 60.3 Å². The Morgan fingerprint density at radius 1 is 0.681 bits per heavy atom. The standard InChI is InChI=1S/C10H15N5O.C10H14N4O.C10H15NO2.3CH4/c1-10(2,3)15-5-12-6-7(15)13-9(11)14(4)8(6)16;1-10(2,3)14-6-11-7-8(14)12-5-13(4)9(7)15;1-7-6-11(10(2,3)4)9(13)5-8(7)12;;;/h5H,1-4H3,(H2,11,13);5-6H,1-4H3;6H,5H2,1-4H3;3*1H4. The van der Waals surface area contributed by atoms with Crippen molar-refractivity contribution in [2.45, 2.75) is 115 Å². The van der Waals surface area contributed by atoms with Gasteiger partial charge in [0.2, 0.25) is 11.9 Å². The third kappa shape index (κ3) is 9.01. The van der Waals surface area contributed by atoms with Crippen molar-refractivity contribution in [1.29, 1.82) is 0 Å². The number of nitrogens with zero attached hydrogens (tertiary/aromatic N) is 9. The van der Waals surface area contributed by atoms with Gasteiger partial charge in [0.05, 0.1) is 25.4 Å². The Balaban J connectivity index is 0.000000658. The van der Waals surface area contributed by atoms with Crippen molar-refractivity contribution in [3.63, 3.8) is 0 Å². The molecule has 0 radical (unpaired) electrons. The van der Waals surface area contributed by atoms with Gasteiger partial charge in [-0.1, -0.05) is 22.3 Å². The first kappa shape index (κ1) is 42.4. The van der Waals surface area contributed by atoms with Gasteiger partial charge in [0, 0.05) is 42.5 Å². The SMILES string of the molecule is C.C.C.CC1=CN(C(C)(C)C)C(=O)CC1=O.Cn1c(N)nc2c(ncn2C(C)(C)C)c1=O.Cn1cnc2c(ncn2C(C)(C)C)c1=O. The molecule has 4 aromatic heterocycles. The lowest BCUT2D eigenvalue weighted by Gasteiger charge is -2.35. The van der Waals surface area contributed by atoms with Crippen molar-refractivity contribution in [2.75, 3.05) is 5.73 Å². The minimum atomic E-state index is -0.237. The van der Waals surface area contributed by atoms with Crippen LogP contribution >= 0.6 is 0 Å². The van der Waals surface area contributed by atoms with Crippen LogP contribution in [0.3, 0.4) is 0 Å². The third-order valence-corrected chi connectivity index (χ3v) is 6.94. The fourth-order valence-electron chi connectivity index (χ4n) is 4.27. The highest BCUT2D eigenvalue weighted by Crippen LogP contribution is 2.22. The molecule has 0 bridgehead atoms. The molecule has 1 amide bonds. The highest BCUT2D eigenvalue weighted by Gasteiger charge is 2.30. The van der Waals surface area contributed by atoms with Gasteiger partial charge in [-0.15, -0.1) is 0 Å². The molecule has 0 saturated carbocycles. The van der Waals surface area contributed by atoms with Gasteiger partial charge >= 0.3 is 0 Å². The first-order chi connectivity index (χ1) is 20.1. The van der Waals surface area contributed by atoms with E-state index in [0.29, 0.717) is 27.9 Å². The molecule has 14 heteroatoms. The lowest BCUT2D eigenvalue weighted by molar-refractivity contribution is -0.136. The normalized spacial score (nSPS) is 13.4. The summed E-state index contributed by atoms with van der Waals surface area (Å²) in [4.78, 5) is 64.5. The number of fused-ring (bicyclic) bond motifs is 2. The maximum absolute atomic E-state index is 11.9. The fourth-order valence-corrected chi connectivity index (χ4v) is 4.27. The highest BCUT2D eigenvalue weighted by molar-refractivity contribution is 6.09. The van der Waals surface area contributed by atoms with E-state index < -0.39 is 0 Å². The van der Waals surface area contributed by atoms with E-state index in [-0.39, 0.29) is 74.1 Å². The number of rotatable bonds is 0. The minimum Gasteiger partial charge on any atom is -0.369 e. The number of Topliss-reactive ketones (excluding diaryl/α,β-unsaturated/α-hetero) is 1. The Labute approximate surface area is 278 Å². The predicted octanol–water partition coefficient (Wildman–Crippen LogP) is 4.75. The van der Waals surface area contributed by atoms with Gasteiger partial charge in [-0.3, -0.25) is 23.7 Å². The van der Waals surface area contributed by atoms with Crippen LogP contribution in [0.4, 0.5) is 5.95 Å². The van der Waals surface area contributed by atoms with Gasteiger partial charge < -0.3 is 24.3 Å². The quantitative estimate of drug-likeness (QED) is 0.263. The summed E-state index contributed by atoms with van der Waals surface area (Å²) in [5.74, 6) is 0.0251. The van der Waals surface area contributed by atoms with Crippen LogP contribution in [0.5, 0.6) is 0 Å². The van der Waals surface area contributed by atoms with Crippen molar-refractivity contribution in [3.8, 4) is 0 Å². The van der Waals surface area contributed by atoms with Crippen LogP contribution in [0, 0.1) is 0 Å². The summed E-state index contributed by atoms with van der Waals surface area (Å²) in [5.41, 5.74) is 7.43. The number of aryl methyl sites for hydroxylation is 1. The molecule has 262 valence electrons. The first-order valence-corrected chi connectivity index (χ1v) is 14.2. The number of ketones is 1. The van der Waals surface area contributed by atoms with Crippen molar-refractivity contribution >= 4 is 40.0 Å². The molecule has 4 aromatic rings. The number of nitrogens with two attached hydrogens (primary N) is 1.